The van der Waals surface area contributed by atoms with Gasteiger partial charge in [-0.05, 0) is 48.6 Å². The topological polar surface area (TPSA) is 38.3 Å². The van der Waals surface area contributed by atoms with Gasteiger partial charge in [-0.2, -0.15) is 0 Å². The van der Waals surface area contributed by atoms with E-state index >= 15 is 0 Å². The number of amides is 1. The number of anilines is 1. The van der Waals surface area contributed by atoms with Crippen molar-refractivity contribution < 1.29 is 9.53 Å². The standard InChI is InChI=1S/C20H23Cl2NO2/c1-3-14-7-5-8-15(4-2)20(14)23-19(24)9-6-12-25-18-11-10-16(21)13-17(18)22/h5,7-8,10-11,13H,3-4,6,9,12H2,1-2H3,(H,23,24). The molecule has 25 heavy (non-hydrogen) atoms. The van der Waals surface area contributed by atoms with E-state index in [9.17, 15) is 4.79 Å². The summed E-state index contributed by atoms with van der Waals surface area (Å²) in [5, 5.41) is 4.10. The molecule has 0 fully saturated rings. The Balaban J connectivity index is 1.85. The van der Waals surface area contributed by atoms with Gasteiger partial charge in [0.05, 0.1) is 11.6 Å². The monoisotopic (exact) mass is 379 g/mol. The molecule has 0 spiro atoms. The molecular weight excluding hydrogens is 357 g/mol. The fourth-order valence-electron chi connectivity index (χ4n) is 2.61. The summed E-state index contributed by atoms with van der Waals surface area (Å²) in [6, 6.07) is 11.2. The second-order valence-corrected chi connectivity index (χ2v) is 6.58. The van der Waals surface area contributed by atoms with Crippen molar-refractivity contribution in [2.24, 2.45) is 0 Å². The molecule has 2 aromatic rings. The van der Waals surface area contributed by atoms with E-state index < -0.39 is 0 Å². The lowest BCUT2D eigenvalue weighted by atomic mass is 10.0. The normalized spacial score (nSPS) is 10.6. The van der Waals surface area contributed by atoms with Gasteiger partial charge in [0, 0.05) is 17.1 Å². The van der Waals surface area contributed by atoms with Crippen LogP contribution in [0.4, 0.5) is 5.69 Å². The van der Waals surface area contributed by atoms with Crippen LogP contribution in [0.2, 0.25) is 10.0 Å². The highest BCUT2D eigenvalue weighted by atomic mass is 35.5. The zero-order valence-corrected chi connectivity index (χ0v) is 16.1. The Hall–Kier alpha value is -1.71. The predicted octanol–water partition coefficient (Wildman–Crippen LogP) is 5.92. The van der Waals surface area contributed by atoms with Gasteiger partial charge < -0.3 is 10.1 Å². The van der Waals surface area contributed by atoms with E-state index in [2.05, 4.69) is 31.3 Å². The van der Waals surface area contributed by atoms with E-state index in [1.165, 1.54) is 0 Å². The second kappa shape index (κ2) is 9.69. The Morgan fingerprint density at radius 2 is 1.76 bits per heavy atom. The fraction of sp³-hybridized carbons (Fsp3) is 0.350. The number of carbonyl (C=O) groups excluding carboxylic acids is 1. The van der Waals surface area contributed by atoms with Gasteiger partial charge in [0.1, 0.15) is 5.75 Å². The van der Waals surface area contributed by atoms with E-state index in [1.54, 1.807) is 18.2 Å². The number of ether oxygens (including phenoxy) is 1. The van der Waals surface area contributed by atoms with E-state index in [4.69, 9.17) is 27.9 Å². The molecule has 0 aliphatic rings. The Morgan fingerprint density at radius 3 is 2.36 bits per heavy atom. The van der Waals surface area contributed by atoms with E-state index in [-0.39, 0.29) is 5.91 Å². The van der Waals surface area contributed by atoms with Crippen LogP contribution in [0.25, 0.3) is 0 Å². The third-order valence-electron chi connectivity index (χ3n) is 3.96. The molecule has 0 unspecified atom stereocenters. The maximum Gasteiger partial charge on any atom is 0.224 e. The molecule has 0 saturated carbocycles. The molecule has 5 heteroatoms. The summed E-state index contributed by atoms with van der Waals surface area (Å²) in [4.78, 5) is 12.3. The van der Waals surface area contributed by atoms with Crippen molar-refractivity contribution in [2.75, 3.05) is 11.9 Å². The number of hydrogen-bond acceptors (Lipinski definition) is 2. The molecule has 0 saturated heterocycles. The van der Waals surface area contributed by atoms with Crippen LogP contribution in [0.5, 0.6) is 5.75 Å². The largest absolute Gasteiger partial charge is 0.492 e. The summed E-state index contributed by atoms with van der Waals surface area (Å²) in [7, 11) is 0. The van der Waals surface area contributed by atoms with Crippen molar-refractivity contribution in [1.29, 1.82) is 0 Å². The van der Waals surface area contributed by atoms with Crippen LogP contribution in [0.3, 0.4) is 0 Å². The minimum Gasteiger partial charge on any atom is -0.492 e. The number of carbonyl (C=O) groups is 1. The molecule has 2 aromatic carbocycles. The van der Waals surface area contributed by atoms with Crippen LogP contribution in [0.15, 0.2) is 36.4 Å². The van der Waals surface area contributed by atoms with Gasteiger partial charge in [0.2, 0.25) is 5.91 Å². The van der Waals surface area contributed by atoms with Crippen molar-refractivity contribution in [3.05, 3.63) is 57.6 Å². The summed E-state index contributed by atoms with van der Waals surface area (Å²) < 4.78 is 5.61. The number of aryl methyl sites for hydroxylation is 2. The van der Waals surface area contributed by atoms with Crippen molar-refractivity contribution >= 4 is 34.8 Å². The minimum absolute atomic E-state index is 0.00130. The molecular formula is C20H23Cl2NO2. The van der Waals surface area contributed by atoms with Gasteiger partial charge in [-0.1, -0.05) is 55.2 Å². The summed E-state index contributed by atoms with van der Waals surface area (Å²) >= 11 is 11.9. The minimum atomic E-state index is 0.00130. The van der Waals surface area contributed by atoms with Gasteiger partial charge >= 0.3 is 0 Å². The van der Waals surface area contributed by atoms with Crippen molar-refractivity contribution in [3.8, 4) is 5.75 Å². The molecule has 0 radical (unpaired) electrons. The zero-order valence-electron chi connectivity index (χ0n) is 14.6. The number of halogens is 2. The van der Waals surface area contributed by atoms with Gasteiger partial charge in [-0.3, -0.25) is 4.79 Å². The highest BCUT2D eigenvalue weighted by Crippen LogP contribution is 2.27. The van der Waals surface area contributed by atoms with Crippen LogP contribution in [0, 0.1) is 0 Å². The maximum atomic E-state index is 12.3. The second-order valence-electron chi connectivity index (χ2n) is 5.73. The quantitative estimate of drug-likeness (QED) is 0.578. The van der Waals surface area contributed by atoms with Crippen LogP contribution < -0.4 is 10.1 Å². The lowest BCUT2D eigenvalue weighted by molar-refractivity contribution is -0.116. The van der Waals surface area contributed by atoms with Gasteiger partial charge in [-0.25, -0.2) is 0 Å². The third-order valence-corrected chi connectivity index (χ3v) is 4.49. The molecule has 0 aliphatic carbocycles. The Morgan fingerprint density at radius 1 is 1.08 bits per heavy atom. The highest BCUT2D eigenvalue weighted by Gasteiger charge is 2.10. The first-order valence-electron chi connectivity index (χ1n) is 8.53. The number of para-hydroxylation sites is 1. The molecule has 1 N–H and O–H groups in total. The van der Waals surface area contributed by atoms with Crippen LogP contribution in [-0.2, 0) is 17.6 Å². The van der Waals surface area contributed by atoms with Crippen molar-refractivity contribution in [1.82, 2.24) is 0 Å². The zero-order chi connectivity index (χ0) is 18.2. The third kappa shape index (κ3) is 5.65. The van der Waals surface area contributed by atoms with Gasteiger partial charge in [-0.15, -0.1) is 0 Å². The molecule has 2 rings (SSSR count). The van der Waals surface area contributed by atoms with Crippen LogP contribution in [-0.4, -0.2) is 12.5 Å². The summed E-state index contributed by atoms with van der Waals surface area (Å²) in [6.07, 6.45) is 2.79. The first-order chi connectivity index (χ1) is 12.0. The fourth-order valence-corrected chi connectivity index (χ4v) is 3.08. The Kier molecular flexibility index (Phi) is 7.60. The molecule has 0 heterocycles. The summed E-state index contributed by atoms with van der Waals surface area (Å²) in [5.41, 5.74) is 3.29. The summed E-state index contributed by atoms with van der Waals surface area (Å²) in [5.74, 6) is 0.581. The molecule has 3 nitrogen and oxygen atoms in total. The Bertz CT molecular complexity index is 709. The average molecular weight is 380 g/mol. The van der Waals surface area contributed by atoms with Crippen LogP contribution >= 0.6 is 23.2 Å². The number of benzene rings is 2. The highest BCUT2D eigenvalue weighted by molar-refractivity contribution is 6.35. The lowest BCUT2D eigenvalue weighted by Crippen LogP contribution is -2.15. The predicted molar refractivity (Wildman–Crippen MR) is 105 cm³/mol. The van der Waals surface area contributed by atoms with Crippen molar-refractivity contribution in [3.63, 3.8) is 0 Å². The van der Waals surface area contributed by atoms with Crippen molar-refractivity contribution in [2.45, 2.75) is 39.5 Å². The SMILES string of the molecule is CCc1cccc(CC)c1NC(=O)CCCOc1ccc(Cl)cc1Cl. The van der Waals surface area contributed by atoms with E-state index in [1.807, 2.05) is 6.07 Å². The number of nitrogens with one attached hydrogen (secondary N) is 1. The van der Waals surface area contributed by atoms with E-state index in [0.717, 1.165) is 29.7 Å². The number of rotatable bonds is 8. The molecule has 0 bridgehead atoms. The Labute approximate surface area is 159 Å². The van der Waals surface area contributed by atoms with Gasteiger partial charge in [0.25, 0.3) is 0 Å². The molecule has 1 amide bonds. The van der Waals surface area contributed by atoms with Crippen LogP contribution in [0.1, 0.15) is 37.8 Å². The van der Waals surface area contributed by atoms with E-state index in [0.29, 0.717) is 35.2 Å². The lowest BCUT2D eigenvalue weighted by Gasteiger charge is -2.14. The summed E-state index contributed by atoms with van der Waals surface area (Å²) in [6.45, 7) is 4.60. The molecule has 0 atom stereocenters. The average Bonchev–Trinajstić information content (AvgIpc) is 2.60. The first kappa shape index (κ1) is 19.6. The first-order valence-corrected chi connectivity index (χ1v) is 9.29. The molecule has 0 aromatic heterocycles. The maximum absolute atomic E-state index is 12.3. The molecule has 0 aliphatic heterocycles. The smallest absolute Gasteiger partial charge is 0.224 e. The molecule has 134 valence electrons. The van der Waals surface area contributed by atoms with Gasteiger partial charge in [0.15, 0.2) is 0 Å². The number of hydrogen-bond donors (Lipinski definition) is 1.